The fraction of sp³-hybridized carbons (Fsp3) is 0.471. The Bertz CT molecular complexity index is 698. The van der Waals surface area contributed by atoms with E-state index in [1.54, 1.807) is 24.5 Å². The molecule has 2 saturated heterocycles. The highest BCUT2D eigenvalue weighted by Crippen LogP contribution is 2.32. The molecule has 0 aliphatic carbocycles. The number of carbonyl (C=O) groups is 1. The molecule has 7 heteroatoms. The Morgan fingerprint density at radius 1 is 1.33 bits per heavy atom. The molecule has 0 aromatic carbocycles. The van der Waals surface area contributed by atoms with Crippen molar-refractivity contribution >= 4 is 5.91 Å². The third kappa shape index (κ3) is 2.99. The second kappa shape index (κ2) is 6.60. The van der Waals surface area contributed by atoms with Gasteiger partial charge in [-0.1, -0.05) is 0 Å². The molecule has 4 heterocycles. The smallest absolute Gasteiger partial charge is 0.254 e. The van der Waals surface area contributed by atoms with Gasteiger partial charge in [0.05, 0.1) is 24.9 Å². The second-order valence-electron chi connectivity index (χ2n) is 6.15. The number of ether oxygens (including phenoxy) is 2. The predicted molar refractivity (Wildman–Crippen MR) is 85.7 cm³/mol. The van der Waals surface area contributed by atoms with Crippen LogP contribution in [0.4, 0.5) is 0 Å². The van der Waals surface area contributed by atoms with E-state index in [2.05, 4.69) is 15.2 Å². The molecule has 126 valence electrons. The molecule has 2 aromatic rings. The summed E-state index contributed by atoms with van der Waals surface area (Å²) < 4.78 is 11.1. The van der Waals surface area contributed by atoms with Crippen molar-refractivity contribution in [1.82, 2.24) is 20.1 Å². The molecule has 4 rings (SSSR count). The minimum absolute atomic E-state index is 0.00187. The van der Waals surface area contributed by atoms with Gasteiger partial charge in [0.15, 0.2) is 0 Å². The summed E-state index contributed by atoms with van der Waals surface area (Å²) in [4.78, 5) is 19.0. The van der Waals surface area contributed by atoms with Crippen LogP contribution in [0.3, 0.4) is 0 Å². The van der Waals surface area contributed by atoms with Crippen LogP contribution >= 0.6 is 0 Å². The lowest BCUT2D eigenvalue weighted by Crippen LogP contribution is -2.30. The standard InChI is InChI=1S/C17H20N4O3/c22-17(21-8-1-2-15(21)14-4-7-19-20-14)12-3-6-18-16(10-12)24-13-5-9-23-11-13/h3-4,6-7,10,13,15H,1-2,5,8-9,11H2,(H,19,20). The van der Waals surface area contributed by atoms with Gasteiger partial charge < -0.3 is 14.4 Å². The number of hydrogen-bond donors (Lipinski definition) is 1. The van der Waals surface area contributed by atoms with Gasteiger partial charge >= 0.3 is 0 Å². The number of likely N-dealkylation sites (tertiary alicyclic amines) is 1. The van der Waals surface area contributed by atoms with Crippen molar-refractivity contribution in [3.8, 4) is 5.88 Å². The molecule has 1 amide bonds. The molecular formula is C17H20N4O3. The van der Waals surface area contributed by atoms with Crippen LogP contribution in [-0.2, 0) is 4.74 Å². The van der Waals surface area contributed by atoms with Crippen molar-refractivity contribution in [3.05, 3.63) is 41.9 Å². The number of carbonyl (C=O) groups excluding carboxylic acids is 1. The van der Waals surface area contributed by atoms with Gasteiger partial charge in [0.25, 0.3) is 5.91 Å². The van der Waals surface area contributed by atoms with Gasteiger partial charge in [-0.05, 0) is 25.0 Å². The van der Waals surface area contributed by atoms with Crippen molar-refractivity contribution in [2.45, 2.75) is 31.4 Å². The molecule has 2 fully saturated rings. The van der Waals surface area contributed by atoms with Crippen LogP contribution in [0.1, 0.15) is 41.4 Å². The Balaban J connectivity index is 1.51. The third-order valence-corrected chi connectivity index (χ3v) is 4.55. The van der Waals surface area contributed by atoms with Crippen molar-refractivity contribution in [3.63, 3.8) is 0 Å². The van der Waals surface area contributed by atoms with Crippen molar-refractivity contribution < 1.29 is 14.3 Å². The van der Waals surface area contributed by atoms with Crippen molar-refractivity contribution in [2.75, 3.05) is 19.8 Å². The minimum atomic E-state index is 0.00187. The van der Waals surface area contributed by atoms with Gasteiger partial charge in [-0.15, -0.1) is 0 Å². The fourth-order valence-electron chi connectivity index (χ4n) is 3.33. The molecule has 1 N–H and O–H groups in total. The maximum absolute atomic E-state index is 12.9. The van der Waals surface area contributed by atoms with Gasteiger partial charge in [0.1, 0.15) is 6.10 Å². The molecule has 2 atom stereocenters. The quantitative estimate of drug-likeness (QED) is 0.928. The first-order valence-corrected chi connectivity index (χ1v) is 8.32. The first-order chi connectivity index (χ1) is 11.8. The molecule has 7 nitrogen and oxygen atoms in total. The maximum Gasteiger partial charge on any atom is 0.254 e. The summed E-state index contributed by atoms with van der Waals surface area (Å²) in [5, 5.41) is 6.98. The molecule has 2 aliphatic heterocycles. The first kappa shape index (κ1) is 15.1. The van der Waals surface area contributed by atoms with Gasteiger partial charge in [0, 0.05) is 37.0 Å². The Morgan fingerprint density at radius 3 is 3.08 bits per heavy atom. The Kier molecular flexibility index (Phi) is 4.17. The number of nitrogens with one attached hydrogen (secondary N) is 1. The van der Waals surface area contributed by atoms with E-state index in [1.807, 2.05) is 11.0 Å². The molecule has 0 spiro atoms. The average Bonchev–Trinajstić information content (AvgIpc) is 3.35. The molecule has 2 aliphatic rings. The lowest BCUT2D eigenvalue weighted by Gasteiger charge is -2.24. The molecular weight excluding hydrogens is 308 g/mol. The predicted octanol–water partition coefficient (Wildman–Crippen LogP) is 1.95. The summed E-state index contributed by atoms with van der Waals surface area (Å²) in [6.45, 7) is 2.04. The lowest BCUT2D eigenvalue weighted by atomic mass is 10.1. The van der Waals surface area contributed by atoms with E-state index in [9.17, 15) is 4.79 Å². The van der Waals surface area contributed by atoms with Crippen LogP contribution in [0.25, 0.3) is 0 Å². The Labute approximate surface area is 140 Å². The van der Waals surface area contributed by atoms with E-state index in [-0.39, 0.29) is 18.1 Å². The molecule has 0 radical (unpaired) electrons. The number of amides is 1. The van der Waals surface area contributed by atoms with E-state index < -0.39 is 0 Å². The van der Waals surface area contributed by atoms with E-state index in [0.717, 1.165) is 31.5 Å². The van der Waals surface area contributed by atoms with E-state index >= 15 is 0 Å². The van der Waals surface area contributed by atoms with Crippen molar-refractivity contribution in [2.24, 2.45) is 0 Å². The lowest BCUT2D eigenvalue weighted by molar-refractivity contribution is 0.0731. The highest BCUT2D eigenvalue weighted by atomic mass is 16.5. The zero-order chi connectivity index (χ0) is 16.4. The van der Waals surface area contributed by atoms with Gasteiger partial charge in [-0.2, -0.15) is 5.10 Å². The van der Waals surface area contributed by atoms with Crippen LogP contribution < -0.4 is 4.74 Å². The second-order valence-corrected chi connectivity index (χ2v) is 6.15. The van der Waals surface area contributed by atoms with E-state index in [4.69, 9.17) is 9.47 Å². The number of aromatic nitrogens is 3. The van der Waals surface area contributed by atoms with E-state index in [1.165, 1.54) is 0 Å². The van der Waals surface area contributed by atoms with Crippen LogP contribution in [-0.4, -0.2) is 51.9 Å². The average molecular weight is 328 g/mol. The summed E-state index contributed by atoms with van der Waals surface area (Å²) in [5.41, 5.74) is 1.58. The first-order valence-electron chi connectivity index (χ1n) is 8.32. The molecule has 2 aromatic heterocycles. The topological polar surface area (TPSA) is 80.3 Å². The zero-order valence-electron chi connectivity index (χ0n) is 13.4. The van der Waals surface area contributed by atoms with Gasteiger partial charge in [-0.3, -0.25) is 9.89 Å². The highest BCUT2D eigenvalue weighted by molar-refractivity contribution is 5.94. The number of hydrogen-bond acceptors (Lipinski definition) is 5. The molecule has 2 unspecified atom stereocenters. The SMILES string of the molecule is O=C(c1ccnc(OC2CCOC2)c1)N1CCCC1c1ccn[nH]1. The number of rotatable bonds is 4. The zero-order valence-corrected chi connectivity index (χ0v) is 13.4. The van der Waals surface area contributed by atoms with Crippen LogP contribution in [0.15, 0.2) is 30.6 Å². The molecule has 0 bridgehead atoms. The molecule has 0 saturated carbocycles. The minimum Gasteiger partial charge on any atom is -0.472 e. The highest BCUT2D eigenvalue weighted by Gasteiger charge is 2.31. The Hall–Kier alpha value is -2.41. The maximum atomic E-state index is 12.9. The van der Waals surface area contributed by atoms with Crippen LogP contribution in [0, 0.1) is 0 Å². The normalized spacial score (nSPS) is 23.6. The fourth-order valence-corrected chi connectivity index (χ4v) is 3.33. The number of H-pyrrole nitrogens is 1. The number of pyridine rings is 1. The monoisotopic (exact) mass is 328 g/mol. The van der Waals surface area contributed by atoms with Crippen LogP contribution in [0.2, 0.25) is 0 Å². The van der Waals surface area contributed by atoms with Gasteiger partial charge in [0.2, 0.25) is 5.88 Å². The van der Waals surface area contributed by atoms with Gasteiger partial charge in [-0.25, -0.2) is 4.98 Å². The molecule has 24 heavy (non-hydrogen) atoms. The number of nitrogens with zero attached hydrogens (tertiary/aromatic N) is 3. The summed E-state index contributed by atoms with van der Waals surface area (Å²) in [6, 6.07) is 5.45. The third-order valence-electron chi connectivity index (χ3n) is 4.55. The Morgan fingerprint density at radius 2 is 2.29 bits per heavy atom. The summed E-state index contributed by atoms with van der Waals surface area (Å²) in [7, 11) is 0. The summed E-state index contributed by atoms with van der Waals surface area (Å²) in [6.07, 6.45) is 6.16. The summed E-state index contributed by atoms with van der Waals surface area (Å²) >= 11 is 0. The number of aromatic amines is 1. The van der Waals surface area contributed by atoms with E-state index in [0.29, 0.717) is 24.7 Å². The summed E-state index contributed by atoms with van der Waals surface area (Å²) in [5.74, 6) is 0.482. The largest absolute Gasteiger partial charge is 0.472 e. The van der Waals surface area contributed by atoms with Crippen LogP contribution in [0.5, 0.6) is 5.88 Å². The van der Waals surface area contributed by atoms with Crippen molar-refractivity contribution in [1.29, 1.82) is 0 Å².